The van der Waals surface area contributed by atoms with Crippen LogP contribution in [0.25, 0.3) is 0 Å². The van der Waals surface area contributed by atoms with Gasteiger partial charge in [0.1, 0.15) is 0 Å². The molecule has 194 valence electrons. The van der Waals surface area contributed by atoms with E-state index in [1.54, 1.807) is 19.1 Å². The van der Waals surface area contributed by atoms with Crippen LogP contribution in [-0.4, -0.2) is 11.4 Å². The molecule has 0 amide bonds. The van der Waals surface area contributed by atoms with Crippen LogP contribution in [0.1, 0.15) is 70.8 Å². The predicted molar refractivity (Wildman–Crippen MR) is 145 cm³/mol. The molecule has 0 spiro atoms. The van der Waals surface area contributed by atoms with Gasteiger partial charge < -0.3 is 10.2 Å². The van der Waals surface area contributed by atoms with Crippen LogP contribution in [0.5, 0.6) is 11.5 Å². The molecule has 3 aromatic rings. The van der Waals surface area contributed by atoms with Gasteiger partial charge in [0.15, 0.2) is 0 Å². The van der Waals surface area contributed by atoms with Gasteiger partial charge in [-0.05, 0) is 50.5 Å². The first-order chi connectivity index (χ1) is 17.0. The summed E-state index contributed by atoms with van der Waals surface area (Å²) in [5.41, 5.74) is 4.78. The van der Waals surface area contributed by atoms with E-state index in [1.807, 2.05) is 36.4 Å². The molecular weight excluding hydrogens is 491 g/mol. The van der Waals surface area contributed by atoms with Crippen molar-refractivity contribution in [1.82, 2.24) is 0 Å². The third-order valence-electron chi connectivity index (χ3n) is 5.65. The number of hydrogen-bond donors (Lipinski definition) is 0. The van der Waals surface area contributed by atoms with Crippen LogP contribution < -0.4 is 10.2 Å². The van der Waals surface area contributed by atoms with Crippen LogP contribution in [0.3, 0.4) is 0 Å². The Balaban J connectivity index is 0.000000546. The second kappa shape index (κ2) is 18.4. The van der Waals surface area contributed by atoms with Gasteiger partial charge in [0.25, 0.3) is 0 Å². The molecule has 0 saturated heterocycles. The quantitative estimate of drug-likeness (QED) is 0.144. The Labute approximate surface area is 227 Å². The maximum atomic E-state index is 10.7. The van der Waals surface area contributed by atoms with Gasteiger partial charge in [0.05, 0.1) is 22.8 Å². The van der Waals surface area contributed by atoms with Crippen molar-refractivity contribution in [3.05, 3.63) is 84.4 Å². The third-order valence-corrected chi connectivity index (χ3v) is 5.65. The molecule has 0 aliphatic rings. The summed E-state index contributed by atoms with van der Waals surface area (Å²) in [6, 6.07) is 24.9. The largest absolute Gasteiger partial charge is 2.00 e. The monoisotopic (exact) mass is 528 g/mol. The van der Waals surface area contributed by atoms with E-state index in [1.165, 1.54) is 44.6 Å². The van der Waals surface area contributed by atoms with Crippen LogP contribution >= 0.6 is 0 Å². The van der Waals surface area contributed by atoms with E-state index in [-0.39, 0.29) is 16.5 Å². The van der Waals surface area contributed by atoms with Crippen molar-refractivity contribution >= 4 is 22.8 Å². The molecule has 3 aromatic carbocycles. The number of benzene rings is 3. The molecule has 0 unspecified atom stereocenters. The van der Waals surface area contributed by atoms with Crippen molar-refractivity contribution in [2.75, 3.05) is 0 Å². The molecule has 0 saturated carbocycles. The number of para-hydroxylation sites is 3. The van der Waals surface area contributed by atoms with Gasteiger partial charge in [-0.1, -0.05) is 106 Å². The molecule has 0 aliphatic carbocycles. The van der Waals surface area contributed by atoms with Crippen LogP contribution in [0.15, 0.2) is 88.8 Å². The molecule has 0 fully saturated rings. The smallest absolute Gasteiger partial charge is 0.873 e. The second-order valence-corrected chi connectivity index (χ2v) is 8.56. The van der Waals surface area contributed by atoms with Crippen LogP contribution in [-0.2, 0) is 16.5 Å². The topological polar surface area (TPSA) is 70.8 Å². The van der Waals surface area contributed by atoms with Gasteiger partial charge in [-0.25, -0.2) is 0 Å². The van der Waals surface area contributed by atoms with Gasteiger partial charge in [-0.15, -0.1) is 11.5 Å². The molecule has 0 aromatic heterocycles. The van der Waals surface area contributed by atoms with Crippen molar-refractivity contribution in [2.24, 2.45) is 9.98 Å². The normalized spacial score (nSPS) is 11.3. The fourth-order valence-electron chi connectivity index (χ4n) is 3.63. The molecule has 0 aliphatic heterocycles. The minimum Gasteiger partial charge on any atom is -0.873 e. The van der Waals surface area contributed by atoms with Crippen molar-refractivity contribution in [2.45, 2.75) is 72.1 Å². The van der Waals surface area contributed by atoms with Gasteiger partial charge in [0.2, 0.25) is 0 Å². The molecule has 5 heteroatoms. The number of hydrogen-bond acceptors (Lipinski definition) is 4. The number of unbranched alkanes of at least 4 members (excludes halogenated alkanes) is 5. The molecule has 0 radical (unpaired) electrons. The summed E-state index contributed by atoms with van der Waals surface area (Å²) < 4.78 is 0. The maximum Gasteiger partial charge on any atom is 2.00 e. The average Bonchev–Trinajstić information content (AvgIpc) is 2.89. The molecule has 0 N–H and O–H groups in total. The van der Waals surface area contributed by atoms with Gasteiger partial charge >= 0.3 is 16.5 Å². The van der Waals surface area contributed by atoms with Crippen LogP contribution in [0, 0.1) is 6.92 Å². The van der Waals surface area contributed by atoms with Gasteiger partial charge in [-0.3, -0.25) is 9.98 Å². The SMILES string of the molecule is CCCCCCCCC(=Nc1ccccc1)C(CC)=Nc1ccccc1.Cc1cccc([O-])c1[O-].[Ni+2]. The van der Waals surface area contributed by atoms with E-state index in [0.29, 0.717) is 5.56 Å². The summed E-state index contributed by atoms with van der Waals surface area (Å²) in [5.74, 6) is -0.812. The Morgan fingerprint density at radius 3 is 1.67 bits per heavy atom. The third kappa shape index (κ3) is 11.7. The van der Waals surface area contributed by atoms with Gasteiger partial charge in [0, 0.05) is 0 Å². The minimum atomic E-state index is -0.421. The van der Waals surface area contributed by atoms with E-state index < -0.39 is 11.5 Å². The van der Waals surface area contributed by atoms with Crippen molar-refractivity contribution in [3.8, 4) is 11.5 Å². The summed E-state index contributed by atoms with van der Waals surface area (Å²) in [7, 11) is 0. The number of aryl methyl sites for hydroxylation is 1. The van der Waals surface area contributed by atoms with E-state index in [4.69, 9.17) is 9.98 Å². The van der Waals surface area contributed by atoms with E-state index in [2.05, 4.69) is 38.1 Å². The van der Waals surface area contributed by atoms with Crippen molar-refractivity contribution < 1.29 is 26.7 Å². The Morgan fingerprint density at radius 1 is 0.639 bits per heavy atom. The zero-order valence-corrected chi connectivity index (χ0v) is 22.7. The summed E-state index contributed by atoms with van der Waals surface area (Å²) in [6.07, 6.45) is 9.67. The molecular formula is C31H38N2NiO2. The number of aliphatic imine (C=N–C) groups is 2. The maximum absolute atomic E-state index is 10.7. The predicted octanol–water partition coefficient (Wildman–Crippen LogP) is 7.83. The molecule has 0 atom stereocenters. The summed E-state index contributed by atoms with van der Waals surface area (Å²) in [5, 5.41) is 21.2. The zero-order chi connectivity index (χ0) is 25.3. The summed E-state index contributed by atoms with van der Waals surface area (Å²) >= 11 is 0. The second-order valence-electron chi connectivity index (χ2n) is 8.56. The Kier molecular flexibility index (Phi) is 15.9. The molecule has 0 heterocycles. The molecule has 0 bridgehead atoms. The number of rotatable bonds is 11. The van der Waals surface area contributed by atoms with Crippen molar-refractivity contribution in [3.63, 3.8) is 0 Å². The average molecular weight is 529 g/mol. The van der Waals surface area contributed by atoms with Crippen LogP contribution in [0.4, 0.5) is 11.4 Å². The summed E-state index contributed by atoms with van der Waals surface area (Å²) in [6.45, 7) is 6.06. The standard InChI is InChI=1S/C24H32N2.C7H8O2.Ni/c1-3-5-6-7-8-15-20-24(26-22-18-13-10-14-19-22)23(4-2)25-21-16-11-9-12-17-21;1-5-3-2-4-6(8)7(5)9;/h9-14,16-19H,3-8,15,20H2,1-2H3;2-4,8-9H,1H3;/q;;+2/p-2. The van der Waals surface area contributed by atoms with Gasteiger partial charge in [-0.2, -0.15) is 0 Å². The van der Waals surface area contributed by atoms with Crippen molar-refractivity contribution in [1.29, 1.82) is 0 Å². The van der Waals surface area contributed by atoms with Crippen LogP contribution in [0.2, 0.25) is 0 Å². The zero-order valence-electron chi connectivity index (χ0n) is 21.7. The molecule has 3 rings (SSSR count). The van der Waals surface area contributed by atoms with E-state index in [0.717, 1.165) is 35.6 Å². The van der Waals surface area contributed by atoms with E-state index in [9.17, 15) is 10.2 Å². The molecule has 36 heavy (non-hydrogen) atoms. The van der Waals surface area contributed by atoms with E-state index >= 15 is 0 Å². The number of nitrogens with zero attached hydrogens (tertiary/aromatic N) is 2. The Hall–Kier alpha value is -2.91. The fourth-order valence-corrected chi connectivity index (χ4v) is 3.63. The summed E-state index contributed by atoms with van der Waals surface area (Å²) in [4.78, 5) is 9.83. The first-order valence-electron chi connectivity index (χ1n) is 12.7. The first-order valence-corrected chi connectivity index (χ1v) is 12.7. The molecule has 4 nitrogen and oxygen atoms in total. The Morgan fingerprint density at radius 2 is 1.17 bits per heavy atom. The first kappa shape index (κ1) is 31.1. The Bertz CT molecular complexity index is 1030. The fraction of sp³-hybridized carbons (Fsp3) is 0.355. The minimum absolute atomic E-state index is 0.